The summed E-state index contributed by atoms with van der Waals surface area (Å²) in [5.41, 5.74) is 7.32. The van der Waals surface area contributed by atoms with Gasteiger partial charge in [-0.2, -0.15) is 0 Å². The topological polar surface area (TPSA) is 64.3 Å². The summed E-state index contributed by atoms with van der Waals surface area (Å²) in [5, 5.41) is 2.96. The molecule has 98 valence electrons. The Kier molecular flexibility index (Phi) is 4.20. The van der Waals surface area contributed by atoms with E-state index in [2.05, 4.69) is 12.2 Å². The normalized spacial score (nSPS) is 22.9. The predicted octanol–water partition coefficient (Wildman–Crippen LogP) is 1.35. The largest absolute Gasteiger partial charge is 0.399 e. The third kappa shape index (κ3) is 3.47. The minimum absolute atomic E-state index is 0.0414. The van der Waals surface area contributed by atoms with Crippen LogP contribution in [-0.2, 0) is 16.0 Å². The van der Waals surface area contributed by atoms with Crippen molar-refractivity contribution in [3.05, 3.63) is 29.8 Å². The molecule has 1 aliphatic rings. The van der Waals surface area contributed by atoms with E-state index in [0.717, 1.165) is 18.6 Å². The number of rotatable bonds is 4. The van der Waals surface area contributed by atoms with Crippen LogP contribution in [-0.4, -0.2) is 25.2 Å². The third-order valence-corrected chi connectivity index (χ3v) is 3.41. The molecule has 1 aromatic carbocycles. The van der Waals surface area contributed by atoms with Crippen LogP contribution in [0, 0.1) is 5.92 Å². The highest BCUT2D eigenvalue weighted by atomic mass is 16.5. The molecule has 2 rings (SSSR count). The molecule has 4 heteroatoms. The highest BCUT2D eigenvalue weighted by molar-refractivity contribution is 5.78. The van der Waals surface area contributed by atoms with E-state index in [4.69, 9.17) is 10.5 Å². The average molecular weight is 248 g/mol. The summed E-state index contributed by atoms with van der Waals surface area (Å²) in [6, 6.07) is 7.43. The van der Waals surface area contributed by atoms with Gasteiger partial charge in [-0.3, -0.25) is 4.79 Å². The Morgan fingerprint density at radius 1 is 1.56 bits per heavy atom. The van der Waals surface area contributed by atoms with Crippen molar-refractivity contribution in [3.8, 4) is 0 Å². The number of nitrogens with one attached hydrogen (secondary N) is 1. The van der Waals surface area contributed by atoms with Gasteiger partial charge in [0.05, 0.1) is 12.5 Å². The lowest BCUT2D eigenvalue weighted by molar-refractivity contribution is -0.120. The third-order valence-electron chi connectivity index (χ3n) is 3.41. The van der Waals surface area contributed by atoms with E-state index in [1.807, 2.05) is 24.3 Å². The highest BCUT2D eigenvalue weighted by Gasteiger charge is 2.24. The van der Waals surface area contributed by atoms with Crippen LogP contribution >= 0.6 is 0 Å². The Hall–Kier alpha value is -1.55. The number of ether oxygens (including phenoxy) is 1. The molecular formula is C14H20N2O2. The van der Waals surface area contributed by atoms with Crippen LogP contribution in [0.5, 0.6) is 0 Å². The van der Waals surface area contributed by atoms with E-state index in [1.54, 1.807) is 0 Å². The number of benzene rings is 1. The summed E-state index contributed by atoms with van der Waals surface area (Å²) < 4.78 is 5.46. The number of carbonyl (C=O) groups is 1. The predicted molar refractivity (Wildman–Crippen MR) is 71.1 cm³/mol. The number of nitrogen functional groups attached to an aromatic ring is 1. The highest BCUT2D eigenvalue weighted by Crippen LogP contribution is 2.19. The van der Waals surface area contributed by atoms with Gasteiger partial charge in [-0.25, -0.2) is 0 Å². The summed E-state index contributed by atoms with van der Waals surface area (Å²) in [7, 11) is 0. The molecule has 0 bridgehead atoms. The molecule has 0 radical (unpaired) electrons. The fourth-order valence-corrected chi connectivity index (χ4v) is 2.24. The van der Waals surface area contributed by atoms with Crippen molar-refractivity contribution in [2.45, 2.75) is 25.9 Å². The van der Waals surface area contributed by atoms with Crippen molar-refractivity contribution in [3.63, 3.8) is 0 Å². The molecule has 1 amide bonds. The van der Waals surface area contributed by atoms with Crippen LogP contribution in [0.4, 0.5) is 5.69 Å². The fourth-order valence-electron chi connectivity index (χ4n) is 2.24. The maximum absolute atomic E-state index is 11.8. The maximum atomic E-state index is 11.8. The molecule has 2 unspecified atom stereocenters. The molecule has 1 heterocycles. The molecule has 2 atom stereocenters. The second-order valence-electron chi connectivity index (χ2n) is 4.85. The lowest BCUT2D eigenvalue weighted by atomic mass is 10.0. The summed E-state index contributed by atoms with van der Waals surface area (Å²) >= 11 is 0. The summed E-state index contributed by atoms with van der Waals surface area (Å²) in [6.07, 6.45) is 1.66. The monoisotopic (exact) mass is 248 g/mol. The van der Waals surface area contributed by atoms with Crippen molar-refractivity contribution >= 4 is 11.6 Å². The first-order valence-electron chi connectivity index (χ1n) is 6.38. The molecule has 0 aliphatic carbocycles. The van der Waals surface area contributed by atoms with E-state index in [-0.39, 0.29) is 12.0 Å². The van der Waals surface area contributed by atoms with Crippen molar-refractivity contribution in [1.29, 1.82) is 0 Å². The zero-order valence-corrected chi connectivity index (χ0v) is 10.7. The Balaban J connectivity index is 1.78. The number of amides is 1. The molecule has 1 fully saturated rings. The summed E-state index contributed by atoms with van der Waals surface area (Å²) in [5.74, 6) is 0.481. The van der Waals surface area contributed by atoms with Gasteiger partial charge >= 0.3 is 0 Å². The minimum atomic E-state index is 0.0414. The summed E-state index contributed by atoms with van der Waals surface area (Å²) in [4.78, 5) is 11.8. The first-order valence-corrected chi connectivity index (χ1v) is 6.38. The van der Waals surface area contributed by atoms with Crippen molar-refractivity contribution < 1.29 is 9.53 Å². The maximum Gasteiger partial charge on any atom is 0.224 e. The Labute approximate surface area is 108 Å². The molecular weight excluding hydrogens is 228 g/mol. The fraction of sp³-hybridized carbons (Fsp3) is 0.500. The lowest BCUT2D eigenvalue weighted by Gasteiger charge is -2.14. The van der Waals surface area contributed by atoms with Crippen LogP contribution in [0.3, 0.4) is 0 Å². The first kappa shape index (κ1) is 12.9. The molecule has 1 aliphatic heterocycles. The molecule has 0 saturated carbocycles. The number of hydrogen-bond donors (Lipinski definition) is 2. The van der Waals surface area contributed by atoms with E-state index < -0.39 is 0 Å². The van der Waals surface area contributed by atoms with Gasteiger partial charge in [0.25, 0.3) is 0 Å². The zero-order valence-electron chi connectivity index (χ0n) is 10.7. The summed E-state index contributed by atoms with van der Waals surface area (Å²) in [6.45, 7) is 3.56. The Bertz CT molecular complexity index is 420. The molecule has 3 N–H and O–H groups in total. The number of anilines is 1. The SMILES string of the molecule is CC1OCCC1CNC(=O)Cc1cccc(N)c1. The van der Waals surface area contributed by atoms with E-state index >= 15 is 0 Å². The average Bonchev–Trinajstić information content (AvgIpc) is 2.72. The van der Waals surface area contributed by atoms with E-state index in [9.17, 15) is 4.79 Å². The van der Waals surface area contributed by atoms with Crippen LogP contribution in [0.2, 0.25) is 0 Å². The number of hydrogen-bond acceptors (Lipinski definition) is 3. The number of nitrogens with two attached hydrogens (primary N) is 1. The van der Waals surface area contributed by atoms with Crippen molar-refractivity contribution in [2.75, 3.05) is 18.9 Å². The standard InChI is InChI=1S/C14H20N2O2/c1-10-12(5-6-18-10)9-16-14(17)8-11-3-2-4-13(15)7-11/h2-4,7,10,12H,5-6,8-9,15H2,1H3,(H,16,17). The second-order valence-corrected chi connectivity index (χ2v) is 4.85. The number of carbonyl (C=O) groups excluding carboxylic acids is 1. The smallest absolute Gasteiger partial charge is 0.224 e. The van der Waals surface area contributed by atoms with Gasteiger partial charge in [0.1, 0.15) is 0 Å². The van der Waals surface area contributed by atoms with Crippen LogP contribution in [0.1, 0.15) is 18.9 Å². The van der Waals surface area contributed by atoms with Crippen molar-refractivity contribution in [2.24, 2.45) is 5.92 Å². The van der Waals surface area contributed by atoms with E-state index in [0.29, 0.717) is 24.6 Å². The van der Waals surface area contributed by atoms with Crippen LogP contribution < -0.4 is 11.1 Å². The molecule has 1 aromatic rings. The molecule has 1 saturated heterocycles. The zero-order chi connectivity index (χ0) is 13.0. The van der Waals surface area contributed by atoms with Gasteiger partial charge < -0.3 is 15.8 Å². The Morgan fingerprint density at radius 3 is 3.06 bits per heavy atom. The van der Waals surface area contributed by atoms with Gasteiger partial charge in [-0.15, -0.1) is 0 Å². The minimum Gasteiger partial charge on any atom is -0.399 e. The van der Waals surface area contributed by atoms with E-state index in [1.165, 1.54) is 0 Å². The van der Waals surface area contributed by atoms with Crippen LogP contribution in [0.25, 0.3) is 0 Å². The van der Waals surface area contributed by atoms with Gasteiger partial charge in [-0.1, -0.05) is 12.1 Å². The quantitative estimate of drug-likeness (QED) is 0.791. The second kappa shape index (κ2) is 5.87. The molecule has 18 heavy (non-hydrogen) atoms. The van der Waals surface area contributed by atoms with Gasteiger partial charge in [0.2, 0.25) is 5.91 Å². The first-order chi connectivity index (χ1) is 8.65. The Morgan fingerprint density at radius 2 is 2.39 bits per heavy atom. The molecule has 0 aromatic heterocycles. The van der Waals surface area contributed by atoms with Crippen molar-refractivity contribution in [1.82, 2.24) is 5.32 Å². The molecule has 4 nitrogen and oxygen atoms in total. The van der Waals surface area contributed by atoms with Gasteiger partial charge in [-0.05, 0) is 31.0 Å². The lowest BCUT2D eigenvalue weighted by Crippen LogP contribution is -2.32. The van der Waals surface area contributed by atoms with Gasteiger partial charge in [0, 0.05) is 24.8 Å². The van der Waals surface area contributed by atoms with Gasteiger partial charge in [0.15, 0.2) is 0 Å². The van der Waals surface area contributed by atoms with Crippen LogP contribution in [0.15, 0.2) is 24.3 Å². The molecule has 0 spiro atoms.